The molecule has 4 heteroatoms. The van der Waals surface area contributed by atoms with Crippen LogP contribution in [0.15, 0.2) is 0 Å². The van der Waals surface area contributed by atoms with Crippen LogP contribution in [0.1, 0.15) is 99.8 Å². The quantitative estimate of drug-likeness (QED) is 0.516. The molecule has 1 heterocycles. The summed E-state index contributed by atoms with van der Waals surface area (Å²) in [6.45, 7) is 16.0. The summed E-state index contributed by atoms with van der Waals surface area (Å²) < 4.78 is 6.68. The minimum absolute atomic E-state index is 0.00547. The first-order valence-electron chi connectivity index (χ1n) is 14.5. The molecule has 0 aromatic rings. The van der Waals surface area contributed by atoms with E-state index < -0.39 is 12.2 Å². The van der Waals surface area contributed by atoms with Crippen LogP contribution in [0.25, 0.3) is 0 Å². The maximum absolute atomic E-state index is 12.2. The van der Waals surface area contributed by atoms with E-state index in [0.29, 0.717) is 34.5 Å². The van der Waals surface area contributed by atoms with Gasteiger partial charge in [0.15, 0.2) is 0 Å². The first-order valence-corrected chi connectivity index (χ1v) is 14.5. The molecule has 1 saturated heterocycles. The molecule has 6 fully saturated rings. The van der Waals surface area contributed by atoms with Crippen molar-refractivity contribution in [1.82, 2.24) is 0 Å². The summed E-state index contributed by atoms with van der Waals surface area (Å²) in [4.78, 5) is 0. The second-order valence-electron chi connectivity index (χ2n) is 15.3. The molecule has 6 aliphatic rings. The van der Waals surface area contributed by atoms with Gasteiger partial charge in [-0.3, -0.25) is 0 Å². The lowest BCUT2D eigenvalue weighted by atomic mass is 9.41. The molecule has 6 rings (SSSR count). The molecule has 2 spiro atoms. The molecule has 4 nitrogen and oxygen atoms in total. The SMILES string of the molecule is CC(C)C(O)C1C[C@@H](C)[C@H]2C(O1)[C@H](O)C1(C)C3CC[C@H]4C(C)(C)C(O)CCC45CC35CCC21C. The fourth-order valence-corrected chi connectivity index (χ4v) is 12.0. The maximum Gasteiger partial charge on any atom is 0.0880 e. The van der Waals surface area contributed by atoms with Crippen LogP contribution in [0.2, 0.25) is 0 Å². The van der Waals surface area contributed by atoms with E-state index >= 15 is 0 Å². The molecule has 0 bridgehead atoms. The Labute approximate surface area is 207 Å². The van der Waals surface area contributed by atoms with Gasteiger partial charge in [0.05, 0.1) is 30.5 Å². The summed E-state index contributed by atoms with van der Waals surface area (Å²) in [6, 6.07) is 0. The Morgan fingerprint density at radius 3 is 2.21 bits per heavy atom. The fraction of sp³-hybridized carbons (Fsp3) is 1.00. The lowest BCUT2D eigenvalue weighted by Crippen LogP contribution is -2.59. The maximum atomic E-state index is 12.2. The van der Waals surface area contributed by atoms with Gasteiger partial charge in [0.1, 0.15) is 0 Å². The van der Waals surface area contributed by atoms with Gasteiger partial charge in [-0.05, 0) is 103 Å². The zero-order chi connectivity index (χ0) is 24.6. The standard InChI is InChI=1S/C30H50O4/c1-16(2)23(32)18-14-17(3)22-24(34-18)25(33)28(7)20-9-8-19-26(4,5)21(31)10-11-29(19)15-30(20,29)13-12-27(22,28)6/h16-25,31-33H,8-15H2,1-7H3/t17-,18?,19+,20?,21?,22+,23?,24?,25+,27?,28?,29?,30?/m1/s1. The summed E-state index contributed by atoms with van der Waals surface area (Å²) >= 11 is 0. The van der Waals surface area contributed by atoms with E-state index in [1.165, 1.54) is 38.5 Å². The Morgan fingerprint density at radius 1 is 0.882 bits per heavy atom. The number of ether oxygens (including phenoxy) is 1. The number of hydrogen-bond donors (Lipinski definition) is 3. The molecule has 0 radical (unpaired) electrons. The van der Waals surface area contributed by atoms with Crippen molar-refractivity contribution in [1.29, 1.82) is 0 Å². The Morgan fingerprint density at radius 2 is 1.53 bits per heavy atom. The number of fused-ring (bicyclic) bond motifs is 4. The summed E-state index contributed by atoms with van der Waals surface area (Å²) in [5, 5.41) is 33.9. The number of hydrogen-bond acceptors (Lipinski definition) is 4. The molecule has 13 atom stereocenters. The predicted molar refractivity (Wildman–Crippen MR) is 133 cm³/mol. The van der Waals surface area contributed by atoms with Gasteiger partial charge in [0.25, 0.3) is 0 Å². The van der Waals surface area contributed by atoms with Gasteiger partial charge in [0.2, 0.25) is 0 Å². The highest BCUT2D eigenvalue weighted by Crippen LogP contribution is 2.89. The van der Waals surface area contributed by atoms with E-state index in [1.54, 1.807) is 0 Å². The largest absolute Gasteiger partial charge is 0.393 e. The van der Waals surface area contributed by atoms with Crippen molar-refractivity contribution in [2.24, 2.45) is 56.7 Å². The first kappa shape index (κ1) is 24.2. The van der Waals surface area contributed by atoms with Gasteiger partial charge in [-0.25, -0.2) is 0 Å². The van der Waals surface area contributed by atoms with E-state index in [9.17, 15) is 15.3 Å². The summed E-state index contributed by atoms with van der Waals surface area (Å²) in [5.41, 5.74) is 0.631. The van der Waals surface area contributed by atoms with Crippen LogP contribution in [0.4, 0.5) is 0 Å². The predicted octanol–water partition coefficient (Wildman–Crippen LogP) is 5.18. The minimum atomic E-state index is -0.469. The third-order valence-electron chi connectivity index (χ3n) is 13.9. The minimum Gasteiger partial charge on any atom is -0.393 e. The highest BCUT2D eigenvalue weighted by Gasteiger charge is 2.84. The van der Waals surface area contributed by atoms with Gasteiger partial charge < -0.3 is 20.1 Å². The summed E-state index contributed by atoms with van der Waals surface area (Å²) in [7, 11) is 0. The van der Waals surface area contributed by atoms with E-state index in [4.69, 9.17) is 4.74 Å². The van der Waals surface area contributed by atoms with E-state index in [-0.39, 0.29) is 40.5 Å². The Kier molecular flexibility index (Phi) is 5.00. The highest BCUT2D eigenvalue weighted by molar-refractivity contribution is 5.32. The monoisotopic (exact) mass is 474 g/mol. The van der Waals surface area contributed by atoms with Crippen molar-refractivity contribution in [3.05, 3.63) is 0 Å². The van der Waals surface area contributed by atoms with E-state index in [0.717, 1.165) is 12.8 Å². The Balaban J connectivity index is 1.37. The summed E-state index contributed by atoms with van der Waals surface area (Å²) in [5.74, 6) is 2.11. The van der Waals surface area contributed by atoms with Crippen LogP contribution in [0.5, 0.6) is 0 Å². The number of aliphatic hydroxyl groups is 3. The van der Waals surface area contributed by atoms with Gasteiger partial charge in [-0.2, -0.15) is 0 Å². The fourth-order valence-electron chi connectivity index (χ4n) is 12.0. The van der Waals surface area contributed by atoms with Crippen molar-refractivity contribution < 1.29 is 20.1 Å². The van der Waals surface area contributed by atoms with Gasteiger partial charge in [0, 0.05) is 5.41 Å². The van der Waals surface area contributed by atoms with Gasteiger partial charge >= 0.3 is 0 Å². The molecule has 5 aliphatic carbocycles. The van der Waals surface area contributed by atoms with E-state index in [1.807, 2.05) is 0 Å². The topological polar surface area (TPSA) is 69.9 Å². The van der Waals surface area contributed by atoms with Gasteiger partial charge in [-0.15, -0.1) is 0 Å². The summed E-state index contributed by atoms with van der Waals surface area (Å²) in [6.07, 6.45) is 7.70. The van der Waals surface area contributed by atoms with Crippen LogP contribution < -0.4 is 0 Å². The zero-order valence-corrected chi connectivity index (χ0v) is 22.7. The molecule has 194 valence electrons. The average Bonchev–Trinajstić information content (AvgIpc) is 3.41. The first-order chi connectivity index (χ1) is 15.8. The van der Waals surface area contributed by atoms with Crippen LogP contribution in [0.3, 0.4) is 0 Å². The molecule has 34 heavy (non-hydrogen) atoms. The van der Waals surface area contributed by atoms with Crippen LogP contribution >= 0.6 is 0 Å². The molecule has 3 N–H and O–H groups in total. The zero-order valence-electron chi connectivity index (χ0n) is 22.7. The molecule has 5 saturated carbocycles. The third-order valence-corrected chi connectivity index (χ3v) is 13.9. The third kappa shape index (κ3) is 2.51. The van der Waals surface area contributed by atoms with Crippen molar-refractivity contribution >= 4 is 0 Å². The van der Waals surface area contributed by atoms with Crippen LogP contribution in [-0.4, -0.2) is 45.8 Å². The van der Waals surface area contributed by atoms with Crippen molar-refractivity contribution in [3.63, 3.8) is 0 Å². The smallest absolute Gasteiger partial charge is 0.0880 e. The molecular weight excluding hydrogens is 424 g/mol. The average molecular weight is 475 g/mol. The number of aliphatic hydroxyl groups excluding tert-OH is 3. The van der Waals surface area contributed by atoms with Crippen molar-refractivity contribution in [2.45, 2.75) is 130 Å². The van der Waals surface area contributed by atoms with Gasteiger partial charge in [-0.1, -0.05) is 48.5 Å². The molecule has 0 aromatic heterocycles. The lowest BCUT2D eigenvalue weighted by molar-refractivity contribution is -0.184. The Bertz CT molecular complexity index is 855. The second-order valence-corrected chi connectivity index (χ2v) is 15.3. The molecular formula is C30H50O4. The highest BCUT2D eigenvalue weighted by atomic mass is 16.5. The molecule has 0 amide bonds. The van der Waals surface area contributed by atoms with Crippen molar-refractivity contribution in [3.8, 4) is 0 Å². The lowest BCUT2D eigenvalue weighted by Gasteiger charge is -2.63. The van der Waals surface area contributed by atoms with Crippen LogP contribution in [-0.2, 0) is 4.74 Å². The normalized spacial score (nSPS) is 60.4. The molecule has 9 unspecified atom stereocenters. The van der Waals surface area contributed by atoms with Crippen molar-refractivity contribution in [2.75, 3.05) is 0 Å². The van der Waals surface area contributed by atoms with E-state index in [2.05, 4.69) is 48.5 Å². The Hall–Kier alpha value is -0.160. The van der Waals surface area contributed by atoms with Crippen LogP contribution in [0, 0.1) is 56.7 Å². The second kappa shape index (κ2) is 7.03. The molecule has 0 aromatic carbocycles. The molecule has 1 aliphatic heterocycles. The number of rotatable bonds is 2.